The Kier molecular flexibility index (Phi) is 3.62. The van der Waals surface area contributed by atoms with E-state index in [4.69, 9.17) is 15.7 Å². The molecule has 5 heteroatoms. The van der Waals surface area contributed by atoms with Crippen LogP contribution in [0.5, 0.6) is 5.75 Å². The number of hydrogen-bond acceptors (Lipinski definition) is 4. The quantitative estimate of drug-likeness (QED) is 0.917. The number of anilines is 1. The topological polar surface area (TPSA) is 71.9 Å². The van der Waals surface area contributed by atoms with E-state index in [0.29, 0.717) is 16.9 Å². The number of nitrogens with two attached hydrogens (primary N) is 1. The molecule has 0 aliphatic heterocycles. The van der Waals surface area contributed by atoms with E-state index in [1.54, 1.807) is 12.1 Å². The fourth-order valence-corrected chi connectivity index (χ4v) is 1.63. The van der Waals surface area contributed by atoms with E-state index < -0.39 is 5.82 Å². The molecule has 2 aromatic rings. The number of rotatable bonds is 3. The zero-order valence-electron chi connectivity index (χ0n) is 10.4. The van der Waals surface area contributed by atoms with Crippen LogP contribution in [0.25, 0.3) is 0 Å². The molecule has 0 spiro atoms. The van der Waals surface area contributed by atoms with Crippen molar-refractivity contribution >= 4 is 5.82 Å². The van der Waals surface area contributed by atoms with E-state index in [-0.39, 0.29) is 12.4 Å². The second-order valence-electron chi connectivity index (χ2n) is 4.04. The summed E-state index contributed by atoms with van der Waals surface area (Å²) < 4.78 is 18.6. The summed E-state index contributed by atoms with van der Waals surface area (Å²) in [7, 11) is 0. The lowest BCUT2D eigenvalue weighted by molar-refractivity contribution is 0.306. The SMILES string of the molecule is Cc1ccc(OCc2cc(F)ccc2C#N)c(N)n1. The molecule has 0 saturated carbocycles. The Balaban J connectivity index is 2.19. The Morgan fingerprint density at radius 2 is 2.16 bits per heavy atom. The van der Waals surface area contributed by atoms with Crippen LogP contribution < -0.4 is 10.5 Å². The molecule has 1 heterocycles. The molecule has 4 nitrogen and oxygen atoms in total. The molecule has 0 aliphatic rings. The average Bonchev–Trinajstić information content (AvgIpc) is 2.38. The molecule has 0 saturated heterocycles. The lowest BCUT2D eigenvalue weighted by atomic mass is 10.1. The van der Waals surface area contributed by atoms with Gasteiger partial charge in [0.05, 0.1) is 11.6 Å². The molecule has 0 radical (unpaired) electrons. The van der Waals surface area contributed by atoms with E-state index >= 15 is 0 Å². The number of hydrogen-bond donors (Lipinski definition) is 1. The van der Waals surface area contributed by atoms with Crippen molar-refractivity contribution in [3.05, 3.63) is 53.0 Å². The molecule has 1 aromatic carbocycles. The van der Waals surface area contributed by atoms with E-state index in [1.807, 2.05) is 13.0 Å². The molecule has 0 unspecified atom stereocenters. The molecule has 96 valence electrons. The summed E-state index contributed by atoms with van der Waals surface area (Å²) >= 11 is 0. The van der Waals surface area contributed by atoms with Crippen molar-refractivity contribution in [3.8, 4) is 11.8 Å². The third-order valence-corrected chi connectivity index (χ3v) is 2.60. The molecule has 2 rings (SSSR count). The molecule has 2 N–H and O–H groups in total. The first-order chi connectivity index (χ1) is 9.10. The zero-order chi connectivity index (χ0) is 13.8. The standard InChI is InChI=1S/C14H12FN3O/c1-9-2-5-13(14(17)18-9)19-8-11-6-12(15)4-3-10(11)7-16/h2-6H,8H2,1H3,(H2,17,18). The van der Waals surface area contributed by atoms with Gasteiger partial charge in [-0.1, -0.05) is 0 Å². The van der Waals surface area contributed by atoms with Crippen LogP contribution in [0, 0.1) is 24.1 Å². The summed E-state index contributed by atoms with van der Waals surface area (Å²) in [4.78, 5) is 4.06. The van der Waals surface area contributed by atoms with Gasteiger partial charge in [0.1, 0.15) is 12.4 Å². The maximum atomic E-state index is 13.1. The van der Waals surface area contributed by atoms with Gasteiger partial charge in [0.15, 0.2) is 11.6 Å². The molecule has 0 aliphatic carbocycles. The number of ether oxygens (including phenoxy) is 1. The zero-order valence-corrected chi connectivity index (χ0v) is 10.4. The van der Waals surface area contributed by atoms with Gasteiger partial charge in [-0.05, 0) is 37.3 Å². The summed E-state index contributed by atoms with van der Waals surface area (Å²) in [6.45, 7) is 1.89. The summed E-state index contributed by atoms with van der Waals surface area (Å²) in [5.41, 5.74) is 7.35. The van der Waals surface area contributed by atoms with E-state index in [9.17, 15) is 4.39 Å². The number of pyridine rings is 1. The van der Waals surface area contributed by atoms with Gasteiger partial charge in [0, 0.05) is 11.3 Å². The molecule has 0 bridgehead atoms. The molecule has 0 atom stereocenters. The Morgan fingerprint density at radius 3 is 2.84 bits per heavy atom. The molecule has 19 heavy (non-hydrogen) atoms. The highest BCUT2D eigenvalue weighted by Gasteiger charge is 2.07. The minimum absolute atomic E-state index is 0.0651. The highest BCUT2D eigenvalue weighted by atomic mass is 19.1. The van der Waals surface area contributed by atoms with Crippen LogP contribution in [0.4, 0.5) is 10.2 Å². The second-order valence-corrected chi connectivity index (χ2v) is 4.04. The van der Waals surface area contributed by atoms with Crippen LogP contribution in [0.3, 0.4) is 0 Å². The maximum Gasteiger partial charge on any atom is 0.166 e. The largest absolute Gasteiger partial charge is 0.485 e. The number of nitrogens with zero attached hydrogens (tertiary/aromatic N) is 2. The Morgan fingerprint density at radius 1 is 1.37 bits per heavy atom. The number of aromatic nitrogens is 1. The van der Waals surface area contributed by atoms with Crippen molar-refractivity contribution < 1.29 is 9.13 Å². The minimum Gasteiger partial charge on any atom is -0.485 e. The monoisotopic (exact) mass is 257 g/mol. The smallest absolute Gasteiger partial charge is 0.166 e. The minimum atomic E-state index is -0.410. The predicted molar refractivity (Wildman–Crippen MR) is 68.8 cm³/mol. The first kappa shape index (κ1) is 12.8. The van der Waals surface area contributed by atoms with Gasteiger partial charge >= 0.3 is 0 Å². The van der Waals surface area contributed by atoms with Gasteiger partial charge in [-0.3, -0.25) is 0 Å². The van der Waals surface area contributed by atoms with Crippen LogP contribution in [0.1, 0.15) is 16.8 Å². The third kappa shape index (κ3) is 2.99. The van der Waals surface area contributed by atoms with E-state index in [1.165, 1.54) is 18.2 Å². The second kappa shape index (κ2) is 5.36. The normalized spacial score (nSPS) is 9.95. The third-order valence-electron chi connectivity index (χ3n) is 2.60. The average molecular weight is 257 g/mol. The lowest BCUT2D eigenvalue weighted by Gasteiger charge is -2.09. The highest BCUT2D eigenvalue weighted by molar-refractivity contribution is 5.46. The number of benzene rings is 1. The molecule has 1 aromatic heterocycles. The van der Waals surface area contributed by atoms with Gasteiger partial charge in [0.2, 0.25) is 0 Å². The fourth-order valence-electron chi connectivity index (χ4n) is 1.63. The summed E-state index contributed by atoms with van der Waals surface area (Å²) in [5.74, 6) is 0.279. The van der Waals surface area contributed by atoms with Crippen LogP contribution in [0.2, 0.25) is 0 Å². The van der Waals surface area contributed by atoms with Crippen LogP contribution in [-0.4, -0.2) is 4.98 Å². The Bertz CT molecular complexity index is 650. The summed E-state index contributed by atoms with van der Waals surface area (Å²) in [6.07, 6.45) is 0. The lowest BCUT2D eigenvalue weighted by Crippen LogP contribution is -2.03. The van der Waals surface area contributed by atoms with Gasteiger partial charge in [-0.25, -0.2) is 9.37 Å². The predicted octanol–water partition coefficient (Wildman–Crippen LogP) is 2.56. The number of aryl methyl sites for hydroxylation is 1. The van der Waals surface area contributed by atoms with Crippen LogP contribution in [-0.2, 0) is 6.61 Å². The van der Waals surface area contributed by atoms with Gasteiger partial charge in [-0.2, -0.15) is 5.26 Å². The number of halogens is 1. The van der Waals surface area contributed by atoms with Crippen LogP contribution >= 0.6 is 0 Å². The molecule has 0 amide bonds. The molecular weight excluding hydrogens is 245 g/mol. The van der Waals surface area contributed by atoms with E-state index in [0.717, 1.165) is 5.69 Å². The molecular formula is C14H12FN3O. The fraction of sp³-hybridized carbons (Fsp3) is 0.143. The first-order valence-electron chi connectivity index (χ1n) is 5.64. The van der Waals surface area contributed by atoms with E-state index in [2.05, 4.69) is 4.98 Å². The van der Waals surface area contributed by atoms with Crippen LogP contribution in [0.15, 0.2) is 30.3 Å². The van der Waals surface area contributed by atoms with Crippen molar-refractivity contribution in [3.63, 3.8) is 0 Å². The first-order valence-corrected chi connectivity index (χ1v) is 5.64. The summed E-state index contributed by atoms with van der Waals surface area (Å²) in [6, 6.07) is 9.39. The van der Waals surface area contributed by atoms with Crippen molar-refractivity contribution in [1.82, 2.24) is 4.98 Å². The van der Waals surface area contributed by atoms with Gasteiger partial charge in [-0.15, -0.1) is 0 Å². The van der Waals surface area contributed by atoms with Crippen molar-refractivity contribution in [1.29, 1.82) is 5.26 Å². The molecule has 0 fully saturated rings. The maximum absolute atomic E-state index is 13.1. The van der Waals surface area contributed by atoms with Crippen molar-refractivity contribution in [2.24, 2.45) is 0 Å². The highest BCUT2D eigenvalue weighted by Crippen LogP contribution is 2.21. The Labute approximate surface area is 110 Å². The number of nitriles is 1. The summed E-state index contributed by atoms with van der Waals surface area (Å²) in [5, 5.41) is 8.93. The van der Waals surface area contributed by atoms with Crippen molar-refractivity contribution in [2.75, 3.05) is 5.73 Å². The Hall–Kier alpha value is -2.61. The van der Waals surface area contributed by atoms with Crippen molar-refractivity contribution in [2.45, 2.75) is 13.5 Å². The number of nitrogen functional groups attached to an aromatic ring is 1. The van der Waals surface area contributed by atoms with Gasteiger partial charge < -0.3 is 10.5 Å². The van der Waals surface area contributed by atoms with Gasteiger partial charge in [0.25, 0.3) is 0 Å².